The molecule has 0 amide bonds. The molecule has 0 saturated carbocycles. The van der Waals surface area contributed by atoms with Crippen LogP contribution in [-0.4, -0.2) is 5.97 Å². The Hall–Kier alpha value is -2.77. The first kappa shape index (κ1) is 16.1. The van der Waals surface area contributed by atoms with Crippen molar-refractivity contribution in [2.24, 2.45) is 0 Å². The number of hydrogen-bond donors (Lipinski definition) is 0. The number of esters is 1. The highest BCUT2D eigenvalue weighted by molar-refractivity contribution is 6.32. The Morgan fingerprint density at radius 1 is 1.29 bits per heavy atom. The van der Waals surface area contributed by atoms with Crippen molar-refractivity contribution in [2.75, 3.05) is 0 Å². The van der Waals surface area contributed by atoms with Crippen molar-refractivity contribution in [2.45, 2.75) is 19.8 Å². The third-order valence-corrected chi connectivity index (χ3v) is 4.04. The lowest BCUT2D eigenvalue weighted by Crippen LogP contribution is -2.11. The fourth-order valence-corrected chi connectivity index (χ4v) is 2.67. The molecule has 0 aliphatic carbocycles. The molecule has 0 unspecified atom stereocenters. The first-order valence-corrected chi connectivity index (χ1v) is 7.88. The zero-order valence-electron chi connectivity index (χ0n) is 13.0. The van der Waals surface area contributed by atoms with Gasteiger partial charge in [-0.1, -0.05) is 30.7 Å². The summed E-state index contributed by atoms with van der Waals surface area (Å²) in [4.78, 5) is 12.2. The Kier molecular flexibility index (Phi) is 4.54. The third-order valence-electron chi connectivity index (χ3n) is 3.75. The summed E-state index contributed by atoms with van der Waals surface area (Å²) in [6, 6.07) is 12.4. The number of aryl methyl sites for hydroxylation is 1. The summed E-state index contributed by atoms with van der Waals surface area (Å²) in [5.74, 6) is -0.203. The SMILES string of the molecule is CCc1ccc2c(CC(=O)Oc3ccc(C#N)cc3Cl)coc2c1. The number of ether oxygens (including phenoxy) is 1. The summed E-state index contributed by atoms with van der Waals surface area (Å²) < 4.78 is 10.8. The summed E-state index contributed by atoms with van der Waals surface area (Å²) in [7, 11) is 0. The van der Waals surface area contributed by atoms with Crippen LogP contribution in [0.3, 0.4) is 0 Å². The molecule has 0 atom stereocenters. The van der Waals surface area contributed by atoms with E-state index in [2.05, 4.69) is 6.92 Å². The topological polar surface area (TPSA) is 63.2 Å². The molecule has 3 aromatic rings. The first-order valence-electron chi connectivity index (χ1n) is 7.50. The molecule has 0 spiro atoms. The molecular weight excluding hydrogens is 326 g/mol. The van der Waals surface area contributed by atoms with Gasteiger partial charge in [-0.2, -0.15) is 5.26 Å². The van der Waals surface area contributed by atoms with E-state index in [1.54, 1.807) is 12.3 Å². The minimum atomic E-state index is -0.441. The highest BCUT2D eigenvalue weighted by Crippen LogP contribution is 2.27. The second-order valence-corrected chi connectivity index (χ2v) is 5.76. The Labute approximate surface area is 144 Å². The molecule has 0 N–H and O–H groups in total. The number of halogens is 1. The second-order valence-electron chi connectivity index (χ2n) is 5.35. The van der Waals surface area contributed by atoms with Gasteiger partial charge in [-0.15, -0.1) is 0 Å². The van der Waals surface area contributed by atoms with E-state index in [0.29, 0.717) is 5.56 Å². The monoisotopic (exact) mass is 339 g/mol. The van der Waals surface area contributed by atoms with Gasteiger partial charge < -0.3 is 9.15 Å². The van der Waals surface area contributed by atoms with Crippen molar-refractivity contribution < 1.29 is 13.9 Å². The summed E-state index contributed by atoms with van der Waals surface area (Å²) in [6.45, 7) is 2.07. The first-order chi connectivity index (χ1) is 11.6. The summed E-state index contributed by atoms with van der Waals surface area (Å²) in [6.07, 6.45) is 2.58. The van der Waals surface area contributed by atoms with Crippen LogP contribution in [0.5, 0.6) is 5.75 Å². The van der Waals surface area contributed by atoms with E-state index in [9.17, 15) is 4.79 Å². The maximum atomic E-state index is 12.2. The van der Waals surface area contributed by atoms with E-state index >= 15 is 0 Å². The molecule has 0 bridgehead atoms. The molecule has 5 heteroatoms. The average Bonchev–Trinajstić information content (AvgIpc) is 2.98. The third kappa shape index (κ3) is 3.27. The molecule has 0 aliphatic heterocycles. The van der Waals surface area contributed by atoms with E-state index in [4.69, 9.17) is 26.0 Å². The van der Waals surface area contributed by atoms with E-state index < -0.39 is 5.97 Å². The summed E-state index contributed by atoms with van der Waals surface area (Å²) in [5, 5.41) is 9.94. The van der Waals surface area contributed by atoms with Gasteiger partial charge in [-0.05, 0) is 36.2 Å². The van der Waals surface area contributed by atoms with Gasteiger partial charge in [-0.3, -0.25) is 4.79 Å². The summed E-state index contributed by atoms with van der Waals surface area (Å²) in [5.41, 5.74) is 3.11. The minimum absolute atomic E-state index is 0.0782. The molecule has 3 rings (SSSR count). The quantitative estimate of drug-likeness (QED) is 0.512. The van der Waals surface area contributed by atoms with Crippen molar-refractivity contribution in [1.82, 2.24) is 0 Å². The molecular formula is C19H14ClNO3. The molecule has 0 radical (unpaired) electrons. The number of benzene rings is 2. The van der Waals surface area contributed by atoms with Gasteiger partial charge in [0, 0.05) is 10.9 Å². The lowest BCUT2D eigenvalue weighted by Gasteiger charge is -2.06. The highest BCUT2D eigenvalue weighted by Gasteiger charge is 2.14. The molecule has 120 valence electrons. The van der Waals surface area contributed by atoms with Crippen LogP contribution < -0.4 is 4.74 Å². The van der Waals surface area contributed by atoms with Crippen LogP contribution in [-0.2, 0) is 17.6 Å². The minimum Gasteiger partial charge on any atom is -0.464 e. The molecule has 4 nitrogen and oxygen atoms in total. The lowest BCUT2D eigenvalue weighted by atomic mass is 10.1. The van der Waals surface area contributed by atoms with Crippen LogP contribution in [0, 0.1) is 11.3 Å². The fraction of sp³-hybridized carbons (Fsp3) is 0.158. The molecule has 1 heterocycles. The number of nitrogens with zero attached hydrogens (tertiary/aromatic N) is 1. The van der Waals surface area contributed by atoms with Crippen LogP contribution in [0.15, 0.2) is 47.1 Å². The number of nitriles is 1. The maximum absolute atomic E-state index is 12.2. The van der Waals surface area contributed by atoms with E-state index in [1.807, 2.05) is 24.3 Å². The Morgan fingerprint density at radius 2 is 2.12 bits per heavy atom. The van der Waals surface area contributed by atoms with Crippen LogP contribution in [0.4, 0.5) is 0 Å². The van der Waals surface area contributed by atoms with Gasteiger partial charge in [-0.25, -0.2) is 0 Å². The van der Waals surface area contributed by atoms with Gasteiger partial charge in [0.2, 0.25) is 0 Å². The Bertz CT molecular complexity index is 953. The van der Waals surface area contributed by atoms with Gasteiger partial charge in [0.1, 0.15) is 11.3 Å². The van der Waals surface area contributed by atoms with E-state index in [1.165, 1.54) is 17.7 Å². The molecule has 1 aromatic heterocycles. The number of fused-ring (bicyclic) bond motifs is 1. The van der Waals surface area contributed by atoms with Crippen molar-refractivity contribution in [3.05, 3.63) is 64.4 Å². The number of hydrogen-bond acceptors (Lipinski definition) is 4. The molecule has 0 aliphatic rings. The molecule has 2 aromatic carbocycles. The van der Waals surface area contributed by atoms with Crippen LogP contribution in [0.2, 0.25) is 5.02 Å². The van der Waals surface area contributed by atoms with Crippen molar-refractivity contribution >= 4 is 28.5 Å². The molecule has 24 heavy (non-hydrogen) atoms. The van der Waals surface area contributed by atoms with Gasteiger partial charge in [0.15, 0.2) is 0 Å². The predicted octanol–water partition coefficient (Wildman–Crippen LogP) is 4.67. The number of carbonyl (C=O) groups is 1. The maximum Gasteiger partial charge on any atom is 0.315 e. The van der Waals surface area contributed by atoms with Crippen molar-refractivity contribution in [3.8, 4) is 11.8 Å². The standard InChI is InChI=1S/C19H14ClNO3/c1-2-12-3-5-15-14(11-23-18(15)8-12)9-19(22)24-17-6-4-13(10-21)7-16(17)20/h3-8,11H,2,9H2,1H3. The normalized spacial score (nSPS) is 10.5. The van der Waals surface area contributed by atoms with Gasteiger partial charge >= 0.3 is 5.97 Å². The smallest absolute Gasteiger partial charge is 0.315 e. The van der Waals surface area contributed by atoms with Crippen LogP contribution in [0.1, 0.15) is 23.6 Å². The number of furan rings is 1. The van der Waals surface area contributed by atoms with Crippen LogP contribution in [0.25, 0.3) is 11.0 Å². The highest BCUT2D eigenvalue weighted by atomic mass is 35.5. The average molecular weight is 340 g/mol. The lowest BCUT2D eigenvalue weighted by molar-refractivity contribution is -0.133. The largest absolute Gasteiger partial charge is 0.464 e. The van der Waals surface area contributed by atoms with E-state index in [-0.39, 0.29) is 17.2 Å². The number of carbonyl (C=O) groups excluding carboxylic acids is 1. The van der Waals surface area contributed by atoms with Gasteiger partial charge in [0.25, 0.3) is 0 Å². The van der Waals surface area contributed by atoms with E-state index in [0.717, 1.165) is 23.0 Å². The Morgan fingerprint density at radius 3 is 2.83 bits per heavy atom. The zero-order chi connectivity index (χ0) is 17.1. The zero-order valence-corrected chi connectivity index (χ0v) is 13.8. The van der Waals surface area contributed by atoms with Gasteiger partial charge in [0.05, 0.1) is 29.3 Å². The fourth-order valence-electron chi connectivity index (χ4n) is 2.45. The predicted molar refractivity (Wildman–Crippen MR) is 91.1 cm³/mol. The molecule has 0 saturated heterocycles. The second kappa shape index (κ2) is 6.77. The molecule has 0 fully saturated rings. The Balaban J connectivity index is 1.77. The van der Waals surface area contributed by atoms with Crippen LogP contribution >= 0.6 is 11.6 Å². The number of rotatable bonds is 4. The van der Waals surface area contributed by atoms with Crippen molar-refractivity contribution in [3.63, 3.8) is 0 Å². The summed E-state index contributed by atoms with van der Waals surface area (Å²) >= 11 is 6.02. The van der Waals surface area contributed by atoms with Crippen molar-refractivity contribution in [1.29, 1.82) is 5.26 Å².